The summed E-state index contributed by atoms with van der Waals surface area (Å²) in [5, 5.41) is 3.03. The van der Waals surface area contributed by atoms with Gasteiger partial charge in [-0.15, -0.1) is 0 Å². The van der Waals surface area contributed by atoms with E-state index in [0.29, 0.717) is 33.6 Å². The van der Waals surface area contributed by atoms with Gasteiger partial charge in [0.25, 0.3) is 0 Å². The molecule has 1 N–H and O–H groups in total. The molecule has 0 radical (unpaired) electrons. The van der Waals surface area contributed by atoms with E-state index in [-0.39, 0.29) is 10.1 Å². The summed E-state index contributed by atoms with van der Waals surface area (Å²) in [6, 6.07) is 1.57. The fraction of sp³-hybridized carbons (Fsp3) is 0.650. The van der Waals surface area contributed by atoms with Crippen LogP contribution in [0.2, 0.25) is 0 Å². The second-order valence-electron chi connectivity index (χ2n) is 7.82. The maximum absolute atomic E-state index is 13.0. The standard InChI is InChI=1S/C20H27I2N2O5S2/c1-13-12-15(17(25)29-2)30-18(13)31(27,28)22-11-9-20(8-10-21)19(26)23-16(24-20)14-6-4-3-5-7-14/h12,14H,3-11H2,1-2H3,(H,23,24,26)/q-1. The predicted octanol–water partition coefficient (Wildman–Crippen LogP) is 0.683. The fourth-order valence-electron chi connectivity index (χ4n) is 3.99. The molecular weight excluding hydrogens is 666 g/mol. The number of methoxy groups -OCH3 is 1. The van der Waals surface area contributed by atoms with Crippen molar-refractivity contribution in [3.8, 4) is 0 Å². The Bertz CT molecular complexity index is 970. The average Bonchev–Trinajstić information content (AvgIpc) is 3.29. The van der Waals surface area contributed by atoms with Gasteiger partial charge in [-0.2, -0.15) is 0 Å². The van der Waals surface area contributed by atoms with Crippen LogP contribution in [-0.4, -0.2) is 47.6 Å². The number of rotatable bonds is 9. The molecule has 0 saturated heterocycles. The Morgan fingerprint density at radius 1 is 1.35 bits per heavy atom. The van der Waals surface area contributed by atoms with Crippen LogP contribution in [0.25, 0.3) is 0 Å². The normalized spacial score (nSPS) is 22.4. The van der Waals surface area contributed by atoms with Crippen LogP contribution in [-0.2, 0) is 16.5 Å². The third-order valence-electron chi connectivity index (χ3n) is 5.71. The third kappa shape index (κ3) is 5.81. The van der Waals surface area contributed by atoms with Gasteiger partial charge in [-0.25, -0.2) is 0 Å². The fourth-order valence-corrected chi connectivity index (χ4v) is 14.1. The Morgan fingerprint density at radius 2 is 2.06 bits per heavy atom. The van der Waals surface area contributed by atoms with E-state index in [1.54, 1.807) is 13.0 Å². The first-order chi connectivity index (χ1) is 14.7. The van der Waals surface area contributed by atoms with Crippen LogP contribution in [0.5, 0.6) is 0 Å². The van der Waals surface area contributed by atoms with Crippen LogP contribution >= 0.6 is 33.9 Å². The molecule has 1 unspecified atom stereocenters. The number of amidine groups is 1. The number of hydrogen-bond acceptors (Lipinski definition) is 7. The van der Waals surface area contributed by atoms with Crippen LogP contribution in [0.1, 0.15) is 60.2 Å². The number of carbonyl (C=O) groups excluding carboxylic acids is 2. The number of aryl methyl sites for hydroxylation is 1. The monoisotopic (exact) mass is 693 g/mol. The molecule has 2 aliphatic rings. The number of aliphatic imine (C=N–C) groups is 1. The molecule has 31 heavy (non-hydrogen) atoms. The minimum atomic E-state index is -3.46. The van der Waals surface area contributed by atoms with Crippen molar-refractivity contribution >= 4 is 58.6 Å². The number of esters is 1. The molecule has 0 spiro atoms. The molecule has 1 aromatic heterocycles. The number of halogens is 2. The molecule has 1 aliphatic carbocycles. The zero-order chi connectivity index (χ0) is 22.6. The molecule has 1 aromatic rings. The van der Waals surface area contributed by atoms with Crippen molar-refractivity contribution < 1.29 is 42.6 Å². The van der Waals surface area contributed by atoms with Crippen LogP contribution in [0, 0.1) is 12.8 Å². The molecular formula is C20H27I2N2O5S2-. The van der Waals surface area contributed by atoms with E-state index >= 15 is 0 Å². The number of alkyl halides is 2. The number of amides is 1. The van der Waals surface area contributed by atoms with Crippen molar-refractivity contribution in [3.63, 3.8) is 0 Å². The third-order valence-corrected chi connectivity index (χ3v) is 15.9. The van der Waals surface area contributed by atoms with Gasteiger partial charge in [-0.3, -0.25) is 0 Å². The summed E-state index contributed by atoms with van der Waals surface area (Å²) in [5.41, 5.74) is -0.270. The first kappa shape index (κ1) is 25.3. The van der Waals surface area contributed by atoms with Crippen molar-refractivity contribution in [3.05, 3.63) is 16.5 Å². The van der Waals surface area contributed by atoms with Gasteiger partial charge in [-0.1, -0.05) is 0 Å². The number of nitrogens with one attached hydrogen (secondary N) is 1. The number of hydrogen-bond donors (Lipinski definition) is 1. The number of carbonyl (C=O) groups is 2. The molecule has 7 nitrogen and oxygen atoms in total. The summed E-state index contributed by atoms with van der Waals surface area (Å²) < 4.78 is 32.1. The van der Waals surface area contributed by atoms with Crippen molar-refractivity contribution in [2.24, 2.45) is 10.9 Å². The molecule has 1 amide bonds. The van der Waals surface area contributed by atoms with Gasteiger partial charge in [0.1, 0.15) is 0 Å². The van der Waals surface area contributed by atoms with E-state index in [4.69, 9.17) is 9.73 Å². The van der Waals surface area contributed by atoms with E-state index in [2.05, 4.69) is 27.9 Å². The maximum atomic E-state index is 13.0. The molecule has 0 bridgehead atoms. The number of thiophene rings is 1. The van der Waals surface area contributed by atoms with Gasteiger partial charge in [0.15, 0.2) is 0 Å². The van der Waals surface area contributed by atoms with Crippen LogP contribution < -0.4 is 25.1 Å². The second kappa shape index (κ2) is 10.8. The van der Waals surface area contributed by atoms with Crippen molar-refractivity contribution in [2.45, 2.75) is 61.6 Å². The summed E-state index contributed by atoms with van der Waals surface area (Å²) in [7, 11) is -2.18. The van der Waals surface area contributed by atoms with Crippen molar-refractivity contribution in [2.75, 3.05) is 16.0 Å². The van der Waals surface area contributed by atoms with Gasteiger partial charge in [-0.05, 0) is 0 Å². The zero-order valence-corrected chi connectivity index (χ0v) is 23.5. The molecule has 1 atom stereocenters. The Kier molecular flexibility index (Phi) is 8.80. The molecule has 1 aliphatic heterocycles. The first-order valence-electron chi connectivity index (χ1n) is 10.2. The number of ether oxygens (including phenoxy) is 1. The average molecular weight is 693 g/mol. The van der Waals surface area contributed by atoms with Crippen molar-refractivity contribution in [1.29, 1.82) is 0 Å². The van der Waals surface area contributed by atoms with Gasteiger partial charge >= 0.3 is 212 Å². The van der Waals surface area contributed by atoms with E-state index in [9.17, 15) is 18.0 Å². The SMILES string of the molecule is COC(=O)c1cc(C)c(S(=O)(=O)[I-]CCC2(CCI)N=C(C3CCCCC3)NC2=O)s1. The van der Waals surface area contributed by atoms with Crippen LogP contribution in [0.3, 0.4) is 0 Å². The Morgan fingerprint density at radius 3 is 2.71 bits per heavy atom. The second-order valence-corrected chi connectivity index (χ2v) is 18.1. The Balaban J connectivity index is 1.72. The molecule has 3 rings (SSSR count). The summed E-state index contributed by atoms with van der Waals surface area (Å²) >= 11 is 1.96. The first-order valence-corrected chi connectivity index (χ1v) is 18.1. The summed E-state index contributed by atoms with van der Waals surface area (Å²) in [6.45, 7) is 1.70. The molecule has 174 valence electrons. The predicted molar refractivity (Wildman–Crippen MR) is 125 cm³/mol. The Labute approximate surface area is 210 Å². The molecule has 0 aromatic carbocycles. The number of nitrogens with zero attached hydrogens (tertiary/aromatic N) is 1. The summed E-state index contributed by atoms with van der Waals surface area (Å²) in [4.78, 5) is 29.8. The quantitative estimate of drug-likeness (QED) is 0.178. The summed E-state index contributed by atoms with van der Waals surface area (Å²) in [6.07, 6.45) is 6.73. The van der Waals surface area contributed by atoms with Gasteiger partial charge in [0, 0.05) is 0 Å². The van der Waals surface area contributed by atoms with E-state index < -0.39 is 38.3 Å². The molecule has 1 saturated carbocycles. The minimum absolute atomic E-state index is 0.0774. The van der Waals surface area contributed by atoms with Gasteiger partial charge < -0.3 is 0 Å². The zero-order valence-electron chi connectivity index (χ0n) is 17.6. The van der Waals surface area contributed by atoms with E-state index in [1.165, 1.54) is 13.5 Å². The van der Waals surface area contributed by atoms with Gasteiger partial charge in [0.2, 0.25) is 0 Å². The van der Waals surface area contributed by atoms with Crippen LogP contribution in [0.4, 0.5) is 0 Å². The molecule has 11 heteroatoms. The van der Waals surface area contributed by atoms with Crippen molar-refractivity contribution in [1.82, 2.24) is 5.32 Å². The van der Waals surface area contributed by atoms with E-state index in [1.807, 2.05) is 0 Å². The van der Waals surface area contributed by atoms with E-state index in [0.717, 1.165) is 47.3 Å². The molecule has 2 heterocycles. The Hall–Kier alpha value is -0.280. The molecule has 1 fully saturated rings. The van der Waals surface area contributed by atoms with Crippen LogP contribution in [0.15, 0.2) is 15.3 Å². The summed E-state index contributed by atoms with van der Waals surface area (Å²) in [5.74, 6) is 0.525. The van der Waals surface area contributed by atoms with Gasteiger partial charge in [0.05, 0.1) is 0 Å². The topological polar surface area (TPSA) is 102 Å².